The Morgan fingerprint density at radius 1 is 1.53 bits per heavy atom. The van der Waals surface area contributed by atoms with E-state index >= 15 is 0 Å². The minimum Gasteiger partial charge on any atom is -0.376 e. The third kappa shape index (κ3) is 2.69. The molecule has 15 heavy (non-hydrogen) atoms. The van der Waals surface area contributed by atoms with Crippen LogP contribution in [0.5, 0.6) is 0 Å². The van der Waals surface area contributed by atoms with Crippen LogP contribution in [-0.4, -0.2) is 37.7 Å². The first-order valence-electron chi connectivity index (χ1n) is 5.90. The summed E-state index contributed by atoms with van der Waals surface area (Å²) in [6.07, 6.45) is 3.38. The van der Waals surface area contributed by atoms with Crippen molar-refractivity contribution >= 4 is 5.91 Å². The van der Waals surface area contributed by atoms with Crippen LogP contribution in [0.1, 0.15) is 26.2 Å². The molecule has 4 heteroatoms. The first kappa shape index (κ1) is 10.9. The largest absolute Gasteiger partial charge is 0.376 e. The summed E-state index contributed by atoms with van der Waals surface area (Å²) in [4.78, 5) is 11.8. The van der Waals surface area contributed by atoms with Crippen molar-refractivity contribution in [3.63, 3.8) is 0 Å². The Balaban J connectivity index is 1.77. The van der Waals surface area contributed by atoms with E-state index in [1.807, 2.05) is 6.92 Å². The van der Waals surface area contributed by atoms with E-state index in [2.05, 4.69) is 10.6 Å². The first-order valence-corrected chi connectivity index (χ1v) is 5.90. The van der Waals surface area contributed by atoms with Crippen LogP contribution >= 0.6 is 0 Å². The molecule has 2 fully saturated rings. The summed E-state index contributed by atoms with van der Waals surface area (Å²) in [5.74, 6) is 0.344. The second-order valence-electron chi connectivity index (χ2n) is 4.54. The van der Waals surface area contributed by atoms with E-state index in [0.717, 1.165) is 39.0 Å². The first-order chi connectivity index (χ1) is 7.27. The zero-order valence-corrected chi connectivity index (χ0v) is 9.29. The predicted molar refractivity (Wildman–Crippen MR) is 57.6 cm³/mol. The van der Waals surface area contributed by atoms with Gasteiger partial charge in [0, 0.05) is 13.2 Å². The summed E-state index contributed by atoms with van der Waals surface area (Å²) in [5, 5.41) is 6.26. The topological polar surface area (TPSA) is 50.4 Å². The van der Waals surface area contributed by atoms with Gasteiger partial charge in [-0.3, -0.25) is 4.79 Å². The van der Waals surface area contributed by atoms with Gasteiger partial charge in [-0.05, 0) is 32.7 Å². The van der Waals surface area contributed by atoms with Gasteiger partial charge in [-0.1, -0.05) is 0 Å². The lowest BCUT2D eigenvalue weighted by molar-refractivity contribution is -0.125. The maximum atomic E-state index is 11.8. The Morgan fingerprint density at radius 2 is 2.40 bits per heavy atom. The number of hydrogen-bond donors (Lipinski definition) is 2. The average molecular weight is 212 g/mol. The smallest absolute Gasteiger partial charge is 0.224 e. The monoisotopic (exact) mass is 212 g/mol. The van der Waals surface area contributed by atoms with Gasteiger partial charge in [0.2, 0.25) is 5.91 Å². The van der Waals surface area contributed by atoms with Crippen LogP contribution in [-0.2, 0) is 9.53 Å². The van der Waals surface area contributed by atoms with E-state index in [-0.39, 0.29) is 24.0 Å². The maximum Gasteiger partial charge on any atom is 0.224 e. The normalized spacial score (nSPS) is 32.9. The molecule has 2 rings (SSSR count). The van der Waals surface area contributed by atoms with Crippen LogP contribution in [0.3, 0.4) is 0 Å². The SMILES string of the molecule is CC(NC(=O)C1CCNC1)C1CCCO1. The van der Waals surface area contributed by atoms with Gasteiger partial charge in [0.1, 0.15) is 0 Å². The van der Waals surface area contributed by atoms with Gasteiger partial charge in [0.25, 0.3) is 0 Å². The molecule has 0 radical (unpaired) electrons. The molecule has 2 aliphatic rings. The van der Waals surface area contributed by atoms with Crippen molar-refractivity contribution in [1.82, 2.24) is 10.6 Å². The fourth-order valence-electron chi connectivity index (χ4n) is 2.31. The Kier molecular flexibility index (Phi) is 3.59. The third-order valence-electron chi connectivity index (χ3n) is 3.32. The molecule has 3 unspecified atom stereocenters. The Bertz CT molecular complexity index is 221. The van der Waals surface area contributed by atoms with Gasteiger partial charge < -0.3 is 15.4 Å². The van der Waals surface area contributed by atoms with Crippen molar-refractivity contribution < 1.29 is 9.53 Å². The second-order valence-corrected chi connectivity index (χ2v) is 4.54. The minimum absolute atomic E-state index is 0.153. The molecular weight excluding hydrogens is 192 g/mol. The maximum absolute atomic E-state index is 11.8. The van der Waals surface area contributed by atoms with E-state index in [9.17, 15) is 4.79 Å². The highest BCUT2D eigenvalue weighted by Crippen LogP contribution is 2.16. The van der Waals surface area contributed by atoms with E-state index in [1.165, 1.54) is 0 Å². The lowest BCUT2D eigenvalue weighted by Crippen LogP contribution is -2.44. The standard InChI is InChI=1S/C11H20N2O2/c1-8(10-3-2-6-15-10)13-11(14)9-4-5-12-7-9/h8-10,12H,2-7H2,1H3,(H,13,14). The molecule has 2 aliphatic heterocycles. The molecule has 0 aromatic carbocycles. The van der Waals surface area contributed by atoms with Gasteiger partial charge in [-0.2, -0.15) is 0 Å². The Labute approximate surface area is 90.8 Å². The Hall–Kier alpha value is -0.610. The molecular formula is C11H20N2O2. The number of nitrogens with one attached hydrogen (secondary N) is 2. The second kappa shape index (κ2) is 4.94. The number of rotatable bonds is 3. The van der Waals surface area contributed by atoms with E-state index < -0.39 is 0 Å². The number of hydrogen-bond acceptors (Lipinski definition) is 3. The zero-order valence-electron chi connectivity index (χ0n) is 9.29. The van der Waals surface area contributed by atoms with Crippen molar-refractivity contribution in [1.29, 1.82) is 0 Å². The van der Waals surface area contributed by atoms with E-state index in [1.54, 1.807) is 0 Å². The molecule has 2 saturated heterocycles. The van der Waals surface area contributed by atoms with Crippen molar-refractivity contribution in [3.05, 3.63) is 0 Å². The zero-order chi connectivity index (χ0) is 10.7. The van der Waals surface area contributed by atoms with Gasteiger partial charge >= 0.3 is 0 Å². The third-order valence-corrected chi connectivity index (χ3v) is 3.32. The number of ether oxygens (including phenoxy) is 1. The highest BCUT2D eigenvalue weighted by atomic mass is 16.5. The summed E-state index contributed by atoms with van der Waals surface area (Å²) in [6.45, 7) is 4.67. The summed E-state index contributed by atoms with van der Waals surface area (Å²) in [7, 11) is 0. The van der Waals surface area contributed by atoms with Crippen LogP contribution in [0.25, 0.3) is 0 Å². The molecule has 86 valence electrons. The number of amides is 1. The molecule has 0 saturated carbocycles. The van der Waals surface area contributed by atoms with Gasteiger partial charge in [0.15, 0.2) is 0 Å². The van der Waals surface area contributed by atoms with Crippen molar-refractivity contribution in [2.24, 2.45) is 5.92 Å². The quantitative estimate of drug-likeness (QED) is 0.706. The highest BCUT2D eigenvalue weighted by molar-refractivity contribution is 5.79. The lowest BCUT2D eigenvalue weighted by Gasteiger charge is -2.21. The van der Waals surface area contributed by atoms with Crippen LogP contribution < -0.4 is 10.6 Å². The van der Waals surface area contributed by atoms with Crippen LogP contribution in [0.4, 0.5) is 0 Å². The summed E-state index contributed by atoms with van der Waals surface area (Å²) in [6, 6.07) is 0.153. The molecule has 0 aliphatic carbocycles. The van der Waals surface area contributed by atoms with Gasteiger partial charge in [0.05, 0.1) is 18.1 Å². The van der Waals surface area contributed by atoms with Crippen molar-refractivity contribution in [2.45, 2.75) is 38.3 Å². The predicted octanol–water partition coefficient (Wildman–Crippen LogP) is 0.280. The molecule has 0 spiro atoms. The molecule has 3 atom stereocenters. The van der Waals surface area contributed by atoms with Crippen molar-refractivity contribution in [3.8, 4) is 0 Å². The average Bonchev–Trinajstić information content (AvgIpc) is 2.91. The molecule has 0 aromatic heterocycles. The lowest BCUT2D eigenvalue weighted by atomic mass is 10.1. The summed E-state index contributed by atoms with van der Waals surface area (Å²) < 4.78 is 5.55. The fraction of sp³-hybridized carbons (Fsp3) is 0.909. The molecule has 2 N–H and O–H groups in total. The van der Waals surface area contributed by atoms with E-state index in [0.29, 0.717) is 0 Å². The minimum atomic E-state index is 0.153. The van der Waals surface area contributed by atoms with Crippen LogP contribution in [0.2, 0.25) is 0 Å². The molecule has 4 nitrogen and oxygen atoms in total. The molecule has 0 bridgehead atoms. The number of carbonyl (C=O) groups excluding carboxylic acids is 1. The van der Waals surface area contributed by atoms with Gasteiger partial charge in [-0.15, -0.1) is 0 Å². The van der Waals surface area contributed by atoms with Gasteiger partial charge in [-0.25, -0.2) is 0 Å². The highest BCUT2D eigenvalue weighted by Gasteiger charge is 2.27. The van der Waals surface area contributed by atoms with E-state index in [4.69, 9.17) is 4.74 Å². The molecule has 0 aromatic rings. The van der Waals surface area contributed by atoms with Crippen LogP contribution in [0, 0.1) is 5.92 Å². The van der Waals surface area contributed by atoms with Crippen molar-refractivity contribution in [2.75, 3.05) is 19.7 Å². The number of carbonyl (C=O) groups is 1. The molecule has 1 amide bonds. The fourth-order valence-corrected chi connectivity index (χ4v) is 2.31. The summed E-state index contributed by atoms with van der Waals surface area (Å²) in [5.41, 5.74) is 0. The summed E-state index contributed by atoms with van der Waals surface area (Å²) >= 11 is 0. The van der Waals surface area contributed by atoms with Crippen LogP contribution in [0.15, 0.2) is 0 Å². The molecule has 2 heterocycles. The Morgan fingerprint density at radius 3 is 3.00 bits per heavy atom.